The van der Waals surface area contributed by atoms with Crippen LogP contribution in [0.15, 0.2) is 30.3 Å². The molecule has 0 aliphatic rings. The van der Waals surface area contributed by atoms with Gasteiger partial charge in [-0.3, -0.25) is 9.59 Å². The van der Waals surface area contributed by atoms with Crippen LogP contribution in [0.4, 0.5) is 0 Å². The monoisotopic (exact) mass is 307 g/mol. The topological polar surface area (TPSA) is 78.6 Å². The van der Waals surface area contributed by atoms with Crippen LogP contribution in [0.1, 0.15) is 45.6 Å². The summed E-state index contributed by atoms with van der Waals surface area (Å²) in [7, 11) is 0. The summed E-state index contributed by atoms with van der Waals surface area (Å²) in [5.41, 5.74) is 6.14. The first-order valence-electron chi connectivity index (χ1n) is 7.46. The molecule has 1 atom stereocenters. The van der Waals surface area contributed by atoms with Crippen LogP contribution in [0.5, 0.6) is 0 Å². The Morgan fingerprint density at radius 3 is 2.41 bits per heavy atom. The number of hydrogen-bond donors (Lipinski definition) is 1. The highest BCUT2D eigenvalue weighted by Gasteiger charge is 2.22. The lowest BCUT2D eigenvalue weighted by Crippen LogP contribution is -2.37. The quantitative estimate of drug-likeness (QED) is 0.783. The summed E-state index contributed by atoms with van der Waals surface area (Å²) in [5.74, 6) is -0.731. The van der Waals surface area contributed by atoms with Gasteiger partial charge >= 0.3 is 11.9 Å². The third-order valence-electron chi connectivity index (χ3n) is 2.85. The van der Waals surface area contributed by atoms with E-state index in [0.717, 1.165) is 5.56 Å². The van der Waals surface area contributed by atoms with Crippen LogP contribution in [0.2, 0.25) is 0 Å². The van der Waals surface area contributed by atoms with E-state index < -0.39 is 17.6 Å². The molecule has 5 heteroatoms. The largest absolute Gasteiger partial charge is 0.461 e. The molecule has 0 spiro atoms. The minimum atomic E-state index is -0.707. The van der Waals surface area contributed by atoms with Crippen LogP contribution in [0.3, 0.4) is 0 Å². The molecular formula is C17H25NO4. The summed E-state index contributed by atoms with van der Waals surface area (Å²) >= 11 is 0. The van der Waals surface area contributed by atoms with Crippen LogP contribution >= 0.6 is 0 Å². The second kappa shape index (κ2) is 8.54. The Labute approximate surface area is 131 Å². The van der Waals surface area contributed by atoms with E-state index in [4.69, 9.17) is 15.2 Å². The predicted octanol–water partition coefficient (Wildman–Crippen LogP) is 2.57. The number of hydrogen-bond acceptors (Lipinski definition) is 5. The normalized spacial score (nSPS) is 12.5. The van der Waals surface area contributed by atoms with Crippen molar-refractivity contribution in [2.45, 2.75) is 58.3 Å². The van der Waals surface area contributed by atoms with E-state index in [2.05, 4.69) is 0 Å². The van der Waals surface area contributed by atoms with Gasteiger partial charge in [-0.1, -0.05) is 30.3 Å². The van der Waals surface area contributed by atoms with E-state index in [9.17, 15) is 9.59 Å². The smallest absolute Gasteiger partial charge is 0.323 e. The minimum absolute atomic E-state index is 0.239. The lowest BCUT2D eigenvalue weighted by Gasteiger charge is -2.22. The molecule has 0 fully saturated rings. The maximum absolute atomic E-state index is 11.7. The van der Waals surface area contributed by atoms with Crippen molar-refractivity contribution in [1.82, 2.24) is 0 Å². The zero-order chi connectivity index (χ0) is 16.6. The van der Waals surface area contributed by atoms with E-state index in [1.165, 1.54) is 0 Å². The fourth-order valence-electron chi connectivity index (χ4n) is 1.77. The van der Waals surface area contributed by atoms with Gasteiger partial charge in [0, 0.05) is 6.42 Å². The molecule has 0 radical (unpaired) electrons. The van der Waals surface area contributed by atoms with Crippen molar-refractivity contribution in [2.24, 2.45) is 5.73 Å². The van der Waals surface area contributed by atoms with Crippen molar-refractivity contribution < 1.29 is 19.1 Å². The molecule has 0 heterocycles. The van der Waals surface area contributed by atoms with Crippen LogP contribution < -0.4 is 5.73 Å². The Morgan fingerprint density at radius 2 is 1.82 bits per heavy atom. The number of ether oxygens (including phenoxy) is 2. The number of benzene rings is 1. The molecular weight excluding hydrogens is 282 g/mol. The number of carbonyl (C=O) groups excluding carboxylic acids is 2. The van der Waals surface area contributed by atoms with Crippen molar-refractivity contribution in [1.29, 1.82) is 0 Å². The standard InChI is InChI=1S/C17H25NO4/c1-17(2,3)22-16(20)14(18)10-7-11-15(19)21-12-13-8-5-4-6-9-13/h4-6,8-9,14H,7,10-12,18H2,1-3H3. The fraction of sp³-hybridized carbons (Fsp3) is 0.529. The maximum atomic E-state index is 11.7. The van der Waals surface area contributed by atoms with Crippen molar-refractivity contribution in [3.8, 4) is 0 Å². The molecule has 1 aromatic rings. The zero-order valence-electron chi connectivity index (χ0n) is 13.5. The lowest BCUT2D eigenvalue weighted by molar-refractivity contribution is -0.157. The second-order valence-corrected chi connectivity index (χ2v) is 6.18. The SMILES string of the molecule is CC(C)(C)OC(=O)C(N)CCCC(=O)OCc1ccccc1. The Balaban J connectivity index is 2.20. The summed E-state index contributed by atoms with van der Waals surface area (Å²) in [5, 5.41) is 0. The minimum Gasteiger partial charge on any atom is -0.461 e. The Morgan fingerprint density at radius 1 is 1.18 bits per heavy atom. The molecule has 0 bridgehead atoms. The van der Waals surface area contributed by atoms with Crippen molar-refractivity contribution in [2.75, 3.05) is 0 Å². The van der Waals surface area contributed by atoms with Crippen LogP contribution in [0, 0.1) is 0 Å². The molecule has 22 heavy (non-hydrogen) atoms. The highest BCUT2D eigenvalue weighted by atomic mass is 16.6. The summed E-state index contributed by atoms with van der Waals surface area (Å²) < 4.78 is 10.3. The van der Waals surface area contributed by atoms with Gasteiger partial charge in [-0.2, -0.15) is 0 Å². The number of nitrogens with two attached hydrogens (primary N) is 1. The number of esters is 2. The summed E-state index contributed by atoms with van der Waals surface area (Å²) in [4.78, 5) is 23.3. The van der Waals surface area contributed by atoms with E-state index in [0.29, 0.717) is 12.8 Å². The summed E-state index contributed by atoms with van der Waals surface area (Å²) in [6.07, 6.45) is 1.13. The van der Waals surface area contributed by atoms with E-state index in [-0.39, 0.29) is 19.0 Å². The number of carbonyl (C=O) groups is 2. The van der Waals surface area contributed by atoms with Crippen LogP contribution in [0.25, 0.3) is 0 Å². The third-order valence-corrected chi connectivity index (χ3v) is 2.85. The van der Waals surface area contributed by atoms with Crippen molar-refractivity contribution in [3.63, 3.8) is 0 Å². The fourth-order valence-corrected chi connectivity index (χ4v) is 1.77. The predicted molar refractivity (Wildman–Crippen MR) is 83.9 cm³/mol. The van der Waals surface area contributed by atoms with Gasteiger partial charge in [0.1, 0.15) is 18.2 Å². The van der Waals surface area contributed by atoms with E-state index in [1.54, 1.807) is 20.8 Å². The molecule has 1 unspecified atom stereocenters. The number of rotatable bonds is 7. The van der Waals surface area contributed by atoms with Gasteiger partial charge < -0.3 is 15.2 Å². The molecule has 0 aliphatic heterocycles. The van der Waals surface area contributed by atoms with E-state index in [1.807, 2.05) is 30.3 Å². The molecule has 0 saturated carbocycles. The van der Waals surface area contributed by atoms with Crippen molar-refractivity contribution in [3.05, 3.63) is 35.9 Å². The van der Waals surface area contributed by atoms with Gasteiger partial charge in [0.15, 0.2) is 0 Å². The Bertz CT molecular complexity index is 479. The lowest BCUT2D eigenvalue weighted by atomic mass is 10.1. The Hall–Kier alpha value is -1.88. The molecule has 2 N–H and O–H groups in total. The van der Waals surface area contributed by atoms with Gasteiger partial charge in [0.05, 0.1) is 0 Å². The summed E-state index contributed by atoms with van der Waals surface area (Å²) in [6, 6.07) is 8.77. The molecule has 0 amide bonds. The molecule has 0 aliphatic carbocycles. The van der Waals surface area contributed by atoms with E-state index >= 15 is 0 Å². The second-order valence-electron chi connectivity index (χ2n) is 6.18. The first-order valence-corrected chi connectivity index (χ1v) is 7.46. The first-order chi connectivity index (χ1) is 10.3. The first kappa shape index (κ1) is 18.2. The molecule has 0 saturated heterocycles. The third kappa shape index (κ3) is 7.78. The summed E-state index contributed by atoms with van der Waals surface area (Å²) in [6.45, 7) is 5.63. The molecule has 1 rings (SSSR count). The Kier molecular flexibility index (Phi) is 7.05. The van der Waals surface area contributed by atoms with Crippen LogP contribution in [-0.4, -0.2) is 23.6 Å². The van der Waals surface area contributed by atoms with Crippen LogP contribution in [-0.2, 0) is 25.7 Å². The van der Waals surface area contributed by atoms with Gasteiger partial charge in [-0.25, -0.2) is 0 Å². The highest BCUT2D eigenvalue weighted by Crippen LogP contribution is 2.11. The molecule has 1 aromatic carbocycles. The zero-order valence-corrected chi connectivity index (χ0v) is 13.5. The highest BCUT2D eigenvalue weighted by molar-refractivity contribution is 5.76. The average Bonchev–Trinajstić information content (AvgIpc) is 2.44. The van der Waals surface area contributed by atoms with Gasteiger partial charge in [0.2, 0.25) is 0 Å². The van der Waals surface area contributed by atoms with Gasteiger partial charge in [-0.05, 0) is 39.2 Å². The van der Waals surface area contributed by atoms with Gasteiger partial charge in [-0.15, -0.1) is 0 Å². The average molecular weight is 307 g/mol. The molecule has 0 aromatic heterocycles. The molecule has 122 valence electrons. The van der Waals surface area contributed by atoms with Crippen molar-refractivity contribution >= 4 is 11.9 Å². The maximum Gasteiger partial charge on any atom is 0.323 e. The van der Waals surface area contributed by atoms with Gasteiger partial charge in [0.25, 0.3) is 0 Å². The molecule has 5 nitrogen and oxygen atoms in total.